The summed E-state index contributed by atoms with van der Waals surface area (Å²) in [5.41, 5.74) is 0.269. The maximum absolute atomic E-state index is 10.5. The van der Waals surface area contributed by atoms with Crippen molar-refractivity contribution in [3.05, 3.63) is 34.0 Å². The van der Waals surface area contributed by atoms with Gasteiger partial charge in [-0.2, -0.15) is 0 Å². The predicted octanol–water partition coefficient (Wildman–Crippen LogP) is 0.724. The van der Waals surface area contributed by atoms with Gasteiger partial charge in [-0.05, 0) is 22.0 Å². The lowest BCUT2D eigenvalue weighted by molar-refractivity contribution is -0.389. The Balaban J connectivity index is 2.97. The monoisotopic (exact) mass is 192 g/mol. The summed E-state index contributed by atoms with van der Waals surface area (Å²) in [6, 6.07) is 3.10. The van der Waals surface area contributed by atoms with E-state index in [1.807, 2.05) is 0 Å². The van der Waals surface area contributed by atoms with Crippen molar-refractivity contribution in [3.8, 4) is 11.8 Å². The van der Waals surface area contributed by atoms with E-state index in [2.05, 4.69) is 16.8 Å². The second-order valence-electron chi connectivity index (χ2n) is 2.41. The number of aliphatic hydroxyl groups excluding tert-OH is 1. The lowest BCUT2D eigenvalue weighted by atomic mass is 10.2. The molecule has 0 saturated heterocycles. The highest BCUT2D eigenvalue weighted by atomic mass is 16.6. The smallest absolute Gasteiger partial charge is 0.379 e. The molecular formula is C9H8N2O3. The largest absolute Gasteiger partial charge is 0.395 e. The predicted molar refractivity (Wildman–Crippen MR) is 49.5 cm³/mol. The standard InChI is InChI=1S/C9H8N2O3/c12-7-2-1-4-8-5-3-6-10-9(8)11(13)14/h3,5-6,12H,2,7H2. The highest BCUT2D eigenvalue weighted by Crippen LogP contribution is 2.11. The fraction of sp³-hybridized carbons (Fsp3) is 0.222. The van der Waals surface area contributed by atoms with Gasteiger partial charge in [-0.15, -0.1) is 0 Å². The third kappa shape index (κ3) is 2.54. The first kappa shape index (κ1) is 10.2. The van der Waals surface area contributed by atoms with E-state index in [4.69, 9.17) is 5.11 Å². The second-order valence-corrected chi connectivity index (χ2v) is 2.41. The van der Waals surface area contributed by atoms with Crippen molar-refractivity contribution in [2.75, 3.05) is 6.61 Å². The van der Waals surface area contributed by atoms with Gasteiger partial charge >= 0.3 is 5.82 Å². The van der Waals surface area contributed by atoms with Crippen molar-refractivity contribution in [3.63, 3.8) is 0 Å². The van der Waals surface area contributed by atoms with Gasteiger partial charge in [-0.25, -0.2) is 0 Å². The minimum atomic E-state index is -0.580. The molecule has 1 aromatic heterocycles. The molecular weight excluding hydrogens is 184 g/mol. The van der Waals surface area contributed by atoms with E-state index in [9.17, 15) is 10.1 Å². The molecule has 0 saturated carbocycles. The highest BCUT2D eigenvalue weighted by Gasteiger charge is 2.10. The van der Waals surface area contributed by atoms with Gasteiger partial charge < -0.3 is 15.2 Å². The zero-order chi connectivity index (χ0) is 10.4. The Hall–Kier alpha value is -1.93. The summed E-state index contributed by atoms with van der Waals surface area (Å²) >= 11 is 0. The fourth-order valence-electron chi connectivity index (χ4n) is 0.854. The Kier molecular flexibility index (Phi) is 3.58. The summed E-state index contributed by atoms with van der Waals surface area (Å²) in [6.07, 6.45) is 1.64. The van der Waals surface area contributed by atoms with Crippen LogP contribution >= 0.6 is 0 Å². The van der Waals surface area contributed by atoms with E-state index in [1.54, 1.807) is 6.07 Å². The van der Waals surface area contributed by atoms with Crippen molar-refractivity contribution < 1.29 is 10.0 Å². The molecule has 1 aromatic rings. The summed E-state index contributed by atoms with van der Waals surface area (Å²) in [7, 11) is 0. The minimum absolute atomic E-state index is 0.0545. The maximum Gasteiger partial charge on any atom is 0.379 e. The van der Waals surface area contributed by atoms with Gasteiger partial charge in [-0.3, -0.25) is 0 Å². The second kappa shape index (κ2) is 4.94. The number of pyridine rings is 1. The highest BCUT2D eigenvalue weighted by molar-refractivity contribution is 5.45. The molecule has 0 radical (unpaired) electrons. The molecule has 0 aliphatic carbocycles. The van der Waals surface area contributed by atoms with Crippen LogP contribution in [0.1, 0.15) is 12.0 Å². The number of aromatic nitrogens is 1. The van der Waals surface area contributed by atoms with Crippen LogP contribution in [-0.2, 0) is 0 Å². The van der Waals surface area contributed by atoms with Gasteiger partial charge in [0.2, 0.25) is 0 Å². The van der Waals surface area contributed by atoms with Gasteiger partial charge in [0.1, 0.15) is 11.8 Å². The van der Waals surface area contributed by atoms with E-state index in [-0.39, 0.29) is 18.0 Å². The Morgan fingerprint density at radius 2 is 2.43 bits per heavy atom. The average Bonchev–Trinajstić information content (AvgIpc) is 2.19. The molecule has 1 heterocycles. The lowest BCUT2D eigenvalue weighted by Gasteiger charge is -1.93. The zero-order valence-electron chi connectivity index (χ0n) is 7.30. The molecule has 0 aromatic carbocycles. The van der Waals surface area contributed by atoms with Crippen LogP contribution in [0.3, 0.4) is 0 Å². The third-order valence-electron chi connectivity index (χ3n) is 1.42. The molecule has 0 bridgehead atoms. The lowest BCUT2D eigenvalue weighted by Crippen LogP contribution is -1.94. The zero-order valence-corrected chi connectivity index (χ0v) is 7.30. The molecule has 0 aliphatic rings. The van der Waals surface area contributed by atoms with E-state index in [0.717, 1.165) is 0 Å². The fourth-order valence-corrected chi connectivity index (χ4v) is 0.854. The summed E-state index contributed by atoms with van der Waals surface area (Å²) in [6.45, 7) is -0.0545. The average molecular weight is 192 g/mol. The molecule has 14 heavy (non-hydrogen) atoms. The van der Waals surface area contributed by atoms with Crippen molar-refractivity contribution in [1.29, 1.82) is 0 Å². The first-order valence-corrected chi connectivity index (χ1v) is 3.95. The van der Waals surface area contributed by atoms with E-state index < -0.39 is 4.92 Å². The number of aliphatic hydroxyl groups is 1. The Morgan fingerprint density at radius 3 is 3.07 bits per heavy atom. The first-order chi connectivity index (χ1) is 6.75. The summed E-state index contributed by atoms with van der Waals surface area (Å²) in [5, 5.41) is 19.0. The normalized spacial score (nSPS) is 8.93. The summed E-state index contributed by atoms with van der Waals surface area (Å²) in [4.78, 5) is 13.5. The molecule has 0 unspecified atom stereocenters. The molecule has 5 nitrogen and oxygen atoms in total. The molecule has 0 fully saturated rings. The number of nitro groups is 1. The molecule has 0 atom stereocenters. The van der Waals surface area contributed by atoms with Gasteiger partial charge in [0.05, 0.1) is 6.61 Å². The Labute approximate surface area is 80.6 Å². The topological polar surface area (TPSA) is 76.3 Å². The van der Waals surface area contributed by atoms with Crippen molar-refractivity contribution >= 4 is 5.82 Å². The number of hydrogen-bond donors (Lipinski definition) is 1. The van der Waals surface area contributed by atoms with Crippen LogP contribution in [0.4, 0.5) is 5.82 Å². The van der Waals surface area contributed by atoms with E-state index >= 15 is 0 Å². The quantitative estimate of drug-likeness (QED) is 0.425. The van der Waals surface area contributed by atoms with Crippen LogP contribution in [0.15, 0.2) is 18.3 Å². The molecule has 0 spiro atoms. The van der Waals surface area contributed by atoms with E-state index in [1.165, 1.54) is 12.3 Å². The van der Waals surface area contributed by atoms with Crippen molar-refractivity contribution in [2.24, 2.45) is 0 Å². The van der Waals surface area contributed by atoms with Gasteiger partial charge in [0.15, 0.2) is 0 Å². The number of hydrogen-bond acceptors (Lipinski definition) is 4. The maximum atomic E-state index is 10.5. The van der Waals surface area contributed by atoms with Crippen LogP contribution in [0, 0.1) is 22.0 Å². The van der Waals surface area contributed by atoms with Crippen LogP contribution in [0.2, 0.25) is 0 Å². The van der Waals surface area contributed by atoms with Crippen LogP contribution in [0.5, 0.6) is 0 Å². The Morgan fingerprint density at radius 1 is 1.64 bits per heavy atom. The minimum Gasteiger partial charge on any atom is -0.395 e. The molecule has 72 valence electrons. The molecule has 5 heteroatoms. The number of rotatable bonds is 2. The molecule has 0 amide bonds. The summed E-state index contributed by atoms with van der Waals surface area (Å²) in [5.74, 6) is 4.93. The third-order valence-corrected chi connectivity index (χ3v) is 1.42. The van der Waals surface area contributed by atoms with Gasteiger partial charge in [0.25, 0.3) is 0 Å². The molecule has 0 aliphatic heterocycles. The van der Waals surface area contributed by atoms with Gasteiger partial charge in [0, 0.05) is 6.42 Å². The first-order valence-electron chi connectivity index (χ1n) is 3.95. The van der Waals surface area contributed by atoms with Crippen LogP contribution in [0.25, 0.3) is 0 Å². The van der Waals surface area contributed by atoms with Gasteiger partial charge in [-0.1, -0.05) is 11.8 Å². The van der Waals surface area contributed by atoms with E-state index in [0.29, 0.717) is 6.42 Å². The SMILES string of the molecule is O=[N+]([O-])c1ncccc1C#CCCO. The summed E-state index contributed by atoms with van der Waals surface area (Å²) < 4.78 is 0. The van der Waals surface area contributed by atoms with Crippen molar-refractivity contribution in [1.82, 2.24) is 4.98 Å². The molecule has 1 rings (SSSR count). The number of nitrogens with zero attached hydrogens (tertiary/aromatic N) is 2. The Bertz CT molecular complexity index is 393. The van der Waals surface area contributed by atoms with Crippen molar-refractivity contribution in [2.45, 2.75) is 6.42 Å². The van der Waals surface area contributed by atoms with Crippen LogP contribution in [-0.4, -0.2) is 21.6 Å². The van der Waals surface area contributed by atoms with Crippen LogP contribution < -0.4 is 0 Å². The molecule has 1 N–H and O–H groups in total.